The maximum Gasteiger partial charge on any atom is 0.418 e. The highest BCUT2D eigenvalue weighted by atomic mass is 32.1. The molecule has 0 saturated carbocycles. The summed E-state index contributed by atoms with van der Waals surface area (Å²) in [5.41, 5.74) is 5.94. The van der Waals surface area contributed by atoms with Crippen molar-refractivity contribution < 1.29 is 13.2 Å². The van der Waals surface area contributed by atoms with Crippen molar-refractivity contribution in [3.05, 3.63) is 45.6 Å². The highest BCUT2D eigenvalue weighted by molar-refractivity contribution is 7.10. The molecule has 0 fully saturated rings. The molecule has 0 aliphatic carbocycles. The van der Waals surface area contributed by atoms with Crippen molar-refractivity contribution in [3.8, 4) is 0 Å². The summed E-state index contributed by atoms with van der Waals surface area (Å²) in [6.07, 6.45) is -3.52. The van der Waals surface area contributed by atoms with Gasteiger partial charge < -0.3 is 11.1 Å². The molecular weight excluding hydrogens is 285 g/mol. The zero-order chi connectivity index (χ0) is 14.8. The predicted molar refractivity (Wildman–Crippen MR) is 76.9 cm³/mol. The van der Waals surface area contributed by atoms with Gasteiger partial charge in [-0.05, 0) is 41.6 Å². The number of nitrogens with one attached hydrogen (secondary N) is 1. The van der Waals surface area contributed by atoms with Gasteiger partial charge in [0, 0.05) is 22.8 Å². The minimum absolute atomic E-state index is 0.256. The fraction of sp³-hybridized carbons (Fsp3) is 0.286. The average molecular weight is 300 g/mol. The van der Waals surface area contributed by atoms with Crippen LogP contribution in [0.4, 0.5) is 24.5 Å². The van der Waals surface area contributed by atoms with Crippen LogP contribution in [0.3, 0.4) is 0 Å². The number of alkyl halides is 3. The van der Waals surface area contributed by atoms with E-state index in [1.54, 1.807) is 17.4 Å². The highest BCUT2D eigenvalue weighted by Crippen LogP contribution is 2.35. The number of thiophene rings is 1. The van der Waals surface area contributed by atoms with Crippen molar-refractivity contribution in [2.45, 2.75) is 26.1 Å². The van der Waals surface area contributed by atoms with Crippen molar-refractivity contribution >= 4 is 22.7 Å². The summed E-state index contributed by atoms with van der Waals surface area (Å²) in [7, 11) is 0. The Bertz CT molecular complexity index is 590. The van der Waals surface area contributed by atoms with Crippen molar-refractivity contribution in [3.63, 3.8) is 0 Å². The van der Waals surface area contributed by atoms with Gasteiger partial charge in [0.05, 0.1) is 5.56 Å². The number of halogens is 3. The van der Waals surface area contributed by atoms with Crippen LogP contribution in [0.2, 0.25) is 0 Å². The molecule has 2 nitrogen and oxygen atoms in total. The van der Waals surface area contributed by atoms with Crippen LogP contribution in [-0.2, 0) is 19.1 Å². The summed E-state index contributed by atoms with van der Waals surface area (Å²) >= 11 is 1.60. The molecule has 0 bridgehead atoms. The SMILES string of the molecule is CCc1ccsc1CNc1ccc(N)c(C(F)(F)F)c1. The van der Waals surface area contributed by atoms with Crippen molar-refractivity contribution in [2.24, 2.45) is 0 Å². The number of nitrogen functional groups attached to an aromatic ring is 1. The Morgan fingerprint density at radius 3 is 2.65 bits per heavy atom. The number of aryl methyl sites for hydroxylation is 1. The summed E-state index contributed by atoms with van der Waals surface area (Å²) in [6.45, 7) is 2.57. The van der Waals surface area contributed by atoms with Gasteiger partial charge in [-0.15, -0.1) is 11.3 Å². The van der Waals surface area contributed by atoms with Crippen molar-refractivity contribution in [1.29, 1.82) is 0 Å². The summed E-state index contributed by atoms with van der Waals surface area (Å²) in [4.78, 5) is 1.14. The topological polar surface area (TPSA) is 38.0 Å². The average Bonchev–Trinajstić information content (AvgIpc) is 2.84. The van der Waals surface area contributed by atoms with Gasteiger partial charge >= 0.3 is 6.18 Å². The Morgan fingerprint density at radius 2 is 2.00 bits per heavy atom. The second-order valence-corrected chi connectivity index (χ2v) is 5.38. The Balaban J connectivity index is 2.15. The molecule has 0 atom stereocenters. The number of nitrogens with two attached hydrogens (primary N) is 1. The smallest absolute Gasteiger partial charge is 0.398 e. The van der Waals surface area contributed by atoms with Crippen LogP contribution < -0.4 is 11.1 Å². The molecule has 2 aromatic rings. The molecule has 0 radical (unpaired) electrons. The first-order valence-corrected chi connectivity index (χ1v) is 7.05. The molecule has 0 saturated heterocycles. The number of anilines is 2. The normalized spacial score (nSPS) is 11.6. The van der Waals surface area contributed by atoms with Gasteiger partial charge in [-0.2, -0.15) is 13.2 Å². The molecule has 0 unspecified atom stereocenters. The lowest BCUT2D eigenvalue weighted by molar-refractivity contribution is -0.136. The first-order valence-electron chi connectivity index (χ1n) is 6.17. The van der Waals surface area contributed by atoms with Crippen molar-refractivity contribution in [1.82, 2.24) is 0 Å². The van der Waals surface area contributed by atoms with E-state index in [1.165, 1.54) is 11.6 Å². The first-order chi connectivity index (χ1) is 9.41. The molecule has 0 amide bonds. The maximum atomic E-state index is 12.8. The number of hydrogen-bond acceptors (Lipinski definition) is 3. The summed E-state index contributed by atoms with van der Waals surface area (Å²) in [6, 6.07) is 5.92. The molecule has 1 heterocycles. The Labute approximate surface area is 119 Å². The van der Waals surface area contributed by atoms with Gasteiger partial charge in [-0.25, -0.2) is 0 Å². The zero-order valence-corrected chi connectivity index (χ0v) is 11.7. The third-order valence-electron chi connectivity index (χ3n) is 3.03. The molecule has 3 N–H and O–H groups in total. The largest absolute Gasteiger partial charge is 0.418 e. The van der Waals surface area contributed by atoms with E-state index in [9.17, 15) is 13.2 Å². The van der Waals surface area contributed by atoms with Gasteiger partial charge in [0.1, 0.15) is 0 Å². The van der Waals surface area contributed by atoms with E-state index < -0.39 is 11.7 Å². The molecular formula is C14H15F3N2S. The second-order valence-electron chi connectivity index (χ2n) is 4.38. The molecule has 0 spiro atoms. The van der Waals surface area contributed by atoms with E-state index >= 15 is 0 Å². The minimum Gasteiger partial charge on any atom is -0.398 e. The fourth-order valence-corrected chi connectivity index (χ4v) is 2.85. The molecule has 1 aromatic carbocycles. The Morgan fingerprint density at radius 1 is 1.25 bits per heavy atom. The summed E-state index contributed by atoms with van der Waals surface area (Å²) in [5, 5.41) is 5.00. The molecule has 20 heavy (non-hydrogen) atoms. The third kappa shape index (κ3) is 3.25. The summed E-state index contributed by atoms with van der Waals surface area (Å²) < 4.78 is 38.3. The van der Waals surface area contributed by atoms with Crippen LogP contribution in [0.5, 0.6) is 0 Å². The monoisotopic (exact) mass is 300 g/mol. The molecule has 6 heteroatoms. The van der Waals surface area contributed by atoms with E-state index in [2.05, 4.69) is 12.2 Å². The molecule has 108 valence electrons. The Hall–Kier alpha value is -1.69. The second kappa shape index (κ2) is 5.75. The van der Waals surface area contributed by atoms with Crippen LogP contribution >= 0.6 is 11.3 Å². The molecule has 0 aliphatic rings. The van der Waals surface area contributed by atoms with Crippen LogP contribution in [0.25, 0.3) is 0 Å². The van der Waals surface area contributed by atoms with Crippen LogP contribution in [-0.4, -0.2) is 0 Å². The zero-order valence-electron chi connectivity index (χ0n) is 10.9. The Kier molecular flexibility index (Phi) is 4.23. The quantitative estimate of drug-likeness (QED) is 0.814. The third-order valence-corrected chi connectivity index (χ3v) is 3.99. The molecule has 1 aromatic heterocycles. The van der Waals surface area contributed by atoms with Gasteiger partial charge in [0.15, 0.2) is 0 Å². The molecule has 0 aliphatic heterocycles. The highest BCUT2D eigenvalue weighted by Gasteiger charge is 2.33. The first kappa shape index (κ1) is 14.7. The van der Waals surface area contributed by atoms with Gasteiger partial charge in [0.2, 0.25) is 0 Å². The van der Waals surface area contributed by atoms with Gasteiger partial charge in [0.25, 0.3) is 0 Å². The standard InChI is InChI=1S/C14H15F3N2S/c1-2-9-5-6-20-13(9)8-19-10-3-4-12(18)11(7-10)14(15,16)17/h3-7,19H,2,8,18H2,1H3. The van der Waals surface area contributed by atoms with E-state index in [4.69, 9.17) is 5.73 Å². The predicted octanol–water partition coefficient (Wildman–Crippen LogP) is 4.52. The van der Waals surface area contributed by atoms with Crippen LogP contribution in [0, 0.1) is 0 Å². The van der Waals surface area contributed by atoms with E-state index in [0.29, 0.717) is 12.2 Å². The van der Waals surface area contributed by atoms with Gasteiger partial charge in [-0.1, -0.05) is 6.92 Å². The van der Waals surface area contributed by atoms with E-state index in [-0.39, 0.29) is 5.69 Å². The maximum absolute atomic E-state index is 12.8. The number of benzene rings is 1. The molecule has 2 rings (SSSR count). The van der Waals surface area contributed by atoms with Crippen LogP contribution in [0.1, 0.15) is 22.9 Å². The lowest BCUT2D eigenvalue weighted by Crippen LogP contribution is -2.10. The van der Waals surface area contributed by atoms with Gasteiger partial charge in [-0.3, -0.25) is 0 Å². The van der Waals surface area contributed by atoms with E-state index in [0.717, 1.165) is 17.4 Å². The van der Waals surface area contributed by atoms with Crippen molar-refractivity contribution in [2.75, 3.05) is 11.1 Å². The fourth-order valence-electron chi connectivity index (χ4n) is 1.93. The number of rotatable bonds is 4. The lowest BCUT2D eigenvalue weighted by Gasteiger charge is -2.13. The summed E-state index contributed by atoms with van der Waals surface area (Å²) in [5.74, 6) is 0. The lowest BCUT2D eigenvalue weighted by atomic mass is 10.1. The van der Waals surface area contributed by atoms with E-state index in [1.807, 2.05) is 11.4 Å². The minimum atomic E-state index is -4.43. The number of hydrogen-bond donors (Lipinski definition) is 2. The van der Waals surface area contributed by atoms with Crippen LogP contribution in [0.15, 0.2) is 29.6 Å².